The van der Waals surface area contributed by atoms with E-state index in [9.17, 15) is 0 Å². The van der Waals surface area contributed by atoms with Gasteiger partial charge in [-0.3, -0.25) is 5.41 Å². The Morgan fingerprint density at radius 1 is 1.55 bits per heavy atom. The average Bonchev–Trinajstić information content (AvgIpc) is 2.30. The Hall–Kier alpha value is -1.18. The van der Waals surface area contributed by atoms with Crippen LogP contribution < -0.4 is 0 Å². The number of amidine groups is 1. The number of nitrogens with zero attached hydrogens (tertiary/aromatic N) is 1. The first-order valence-electron chi connectivity index (χ1n) is 3.83. The SMILES string of the molecule is CC1=NC(=N)C2=C1CCC=C2. The largest absolute Gasteiger partial charge is 0.282 e. The lowest BCUT2D eigenvalue weighted by molar-refractivity contribution is 0.999. The molecule has 2 heteroatoms. The monoisotopic (exact) mass is 146 g/mol. The van der Waals surface area contributed by atoms with E-state index in [1.165, 1.54) is 5.57 Å². The van der Waals surface area contributed by atoms with Crippen LogP contribution in [-0.4, -0.2) is 11.5 Å². The Morgan fingerprint density at radius 3 is 3.09 bits per heavy atom. The smallest absolute Gasteiger partial charge is 0.152 e. The molecule has 1 aliphatic heterocycles. The molecule has 11 heavy (non-hydrogen) atoms. The van der Waals surface area contributed by atoms with E-state index in [1.54, 1.807) is 0 Å². The Balaban J connectivity index is 2.50. The first-order valence-corrected chi connectivity index (χ1v) is 3.83. The van der Waals surface area contributed by atoms with E-state index >= 15 is 0 Å². The summed E-state index contributed by atoms with van der Waals surface area (Å²) in [4.78, 5) is 4.11. The van der Waals surface area contributed by atoms with Crippen molar-refractivity contribution in [1.82, 2.24) is 0 Å². The van der Waals surface area contributed by atoms with Crippen LogP contribution in [-0.2, 0) is 0 Å². The molecular weight excluding hydrogens is 136 g/mol. The van der Waals surface area contributed by atoms with Gasteiger partial charge in [0.2, 0.25) is 0 Å². The summed E-state index contributed by atoms with van der Waals surface area (Å²) in [6, 6.07) is 0. The Bertz CT molecular complexity index is 306. The van der Waals surface area contributed by atoms with Crippen molar-refractivity contribution in [1.29, 1.82) is 5.41 Å². The quantitative estimate of drug-likeness (QED) is 0.543. The molecular formula is C9H10N2. The summed E-state index contributed by atoms with van der Waals surface area (Å²) < 4.78 is 0. The van der Waals surface area contributed by atoms with Crippen LogP contribution >= 0.6 is 0 Å². The molecule has 0 saturated heterocycles. The van der Waals surface area contributed by atoms with Gasteiger partial charge in [-0.1, -0.05) is 12.2 Å². The molecule has 0 amide bonds. The molecule has 0 radical (unpaired) electrons. The highest BCUT2D eigenvalue weighted by Gasteiger charge is 2.20. The Kier molecular flexibility index (Phi) is 1.28. The predicted molar refractivity (Wildman–Crippen MR) is 46.2 cm³/mol. The van der Waals surface area contributed by atoms with Crippen molar-refractivity contribution in [3.63, 3.8) is 0 Å². The van der Waals surface area contributed by atoms with Crippen molar-refractivity contribution in [3.8, 4) is 0 Å². The van der Waals surface area contributed by atoms with Gasteiger partial charge in [0, 0.05) is 11.3 Å². The third kappa shape index (κ3) is 0.862. The molecule has 1 heterocycles. The maximum absolute atomic E-state index is 7.51. The molecule has 0 aromatic heterocycles. The van der Waals surface area contributed by atoms with Crippen molar-refractivity contribution in [2.75, 3.05) is 0 Å². The molecule has 1 aliphatic carbocycles. The van der Waals surface area contributed by atoms with Gasteiger partial charge in [-0.05, 0) is 25.3 Å². The number of nitrogens with one attached hydrogen (secondary N) is 1. The maximum atomic E-state index is 7.51. The summed E-state index contributed by atoms with van der Waals surface area (Å²) in [6.45, 7) is 1.98. The van der Waals surface area contributed by atoms with Gasteiger partial charge in [-0.25, -0.2) is 4.99 Å². The summed E-state index contributed by atoms with van der Waals surface area (Å²) in [5.74, 6) is 0.438. The second kappa shape index (κ2) is 2.16. The van der Waals surface area contributed by atoms with Gasteiger partial charge in [0.15, 0.2) is 5.84 Å². The maximum Gasteiger partial charge on any atom is 0.152 e. The highest BCUT2D eigenvalue weighted by molar-refractivity contribution is 6.21. The number of allylic oxidation sites excluding steroid dienone is 2. The zero-order valence-corrected chi connectivity index (χ0v) is 6.52. The highest BCUT2D eigenvalue weighted by atomic mass is 14.9. The van der Waals surface area contributed by atoms with Crippen LogP contribution in [0.1, 0.15) is 19.8 Å². The fourth-order valence-corrected chi connectivity index (χ4v) is 1.56. The van der Waals surface area contributed by atoms with Crippen molar-refractivity contribution in [2.24, 2.45) is 4.99 Å². The molecule has 0 atom stereocenters. The second-order valence-corrected chi connectivity index (χ2v) is 2.88. The molecule has 0 spiro atoms. The first-order chi connectivity index (χ1) is 5.29. The molecule has 56 valence electrons. The van der Waals surface area contributed by atoms with Gasteiger partial charge in [0.25, 0.3) is 0 Å². The third-order valence-electron chi connectivity index (χ3n) is 2.14. The molecule has 0 bridgehead atoms. The van der Waals surface area contributed by atoms with Gasteiger partial charge in [-0.15, -0.1) is 0 Å². The van der Waals surface area contributed by atoms with Crippen molar-refractivity contribution < 1.29 is 0 Å². The van der Waals surface area contributed by atoms with Gasteiger partial charge >= 0.3 is 0 Å². The van der Waals surface area contributed by atoms with Crippen LogP contribution in [0.5, 0.6) is 0 Å². The molecule has 0 saturated carbocycles. The first kappa shape index (κ1) is 6.53. The van der Waals surface area contributed by atoms with E-state index in [4.69, 9.17) is 5.41 Å². The Labute approximate surface area is 65.8 Å². The number of aliphatic imine (C=N–C) groups is 1. The fourth-order valence-electron chi connectivity index (χ4n) is 1.56. The summed E-state index contributed by atoms with van der Waals surface area (Å²) in [5.41, 5.74) is 3.35. The van der Waals surface area contributed by atoms with Gasteiger partial charge in [0.05, 0.1) is 0 Å². The van der Waals surface area contributed by atoms with E-state index in [1.807, 2.05) is 13.0 Å². The third-order valence-corrected chi connectivity index (χ3v) is 2.14. The lowest BCUT2D eigenvalue weighted by Crippen LogP contribution is -1.98. The lowest BCUT2D eigenvalue weighted by Gasteiger charge is -2.06. The zero-order valence-electron chi connectivity index (χ0n) is 6.52. The van der Waals surface area contributed by atoms with Crippen LogP contribution in [0, 0.1) is 5.41 Å². The minimum atomic E-state index is 0.438. The molecule has 0 unspecified atom stereocenters. The summed E-state index contributed by atoms with van der Waals surface area (Å²) in [5, 5.41) is 7.51. The number of hydrogen-bond acceptors (Lipinski definition) is 1. The zero-order chi connectivity index (χ0) is 7.84. The molecule has 1 N–H and O–H groups in total. The predicted octanol–water partition coefficient (Wildman–Crippen LogP) is 2.08. The summed E-state index contributed by atoms with van der Waals surface area (Å²) in [6.07, 6.45) is 6.28. The van der Waals surface area contributed by atoms with E-state index < -0.39 is 0 Å². The average molecular weight is 146 g/mol. The van der Waals surface area contributed by atoms with Crippen molar-refractivity contribution in [3.05, 3.63) is 23.3 Å². The van der Waals surface area contributed by atoms with Crippen LogP contribution in [0.3, 0.4) is 0 Å². The number of rotatable bonds is 0. The molecule has 2 rings (SSSR count). The van der Waals surface area contributed by atoms with E-state index in [0.717, 1.165) is 24.1 Å². The highest BCUT2D eigenvalue weighted by Crippen LogP contribution is 2.26. The van der Waals surface area contributed by atoms with E-state index in [0.29, 0.717) is 5.84 Å². The molecule has 0 fully saturated rings. The van der Waals surface area contributed by atoms with Crippen molar-refractivity contribution >= 4 is 11.5 Å². The standard InChI is InChI=1S/C9H10N2/c1-6-7-4-2-3-5-8(7)9(10)11-6/h3,5,10H,2,4H2,1H3. The lowest BCUT2D eigenvalue weighted by atomic mass is 9.96. The Morgan fingerprint density at radius 2 is 2.36 bits per heavy atom. The minimum Gasteiger partial charge on any atom is -0.282 e. The van der Waals surface area contributed by atoms with Gasteiger partial charge in [-0.2, -0.15) is 0 Å². The molecule has 2 aliphatic rings. The van der Waals surface area contributed by atoms with Crippen LogP contribution in [0.2, 0.25) is 0 Å². The van der Waals surface area contributed by atoms with Crippen LogP contribution in [0.4, 0.5) is 0 Å². The topological polar surface area (TPSA) is 36.2 Å². The fraction of sp³-hybridized carbons (Fsp3) is 0.333. The van der Waals surface area contributed by atoms with E-state index in [-0.39, 0.29) is 0 Å². The van der Waals surface area contributed by atoms with Gasteiger partial charge < -0.3 is 0 Å². The van der Waals surface area contributed by atoms with Crippen LogP contribution in [0.25, 0.3) is 0 Å². The molecule has 0 aromatic rings. The molecule has 0 aromatic carbocycles. The van der Waals surface area contributed by atoms with Crippen LogP contribution in [0.15, 0.2) is 28.3 Å². The van der Waals surface area contributed by atoms with Crippen molar-refractivity contribution in [2.45, 2.75) is 19.8 Å². The molecule has 2 nitrogen and oxygen atoms in total. The minimum absolute atomic E-state index is 0.438. The summed E-state index contributed by atoms with van der Waals surface area (Å²) in [7, 11) is 0. The second-order valence-electron chi connectivity index (χ2n) is 2.88. The van der Waals surface area contributed by atoms with E-state index in [2.05, 4.69) is 11.1 Å². The normalized spacial score (nSPS) is 22.3. The summed E-state index contributed by atoms with van der Waals surface area (Å²) >= 11 is 0. The van der Waals surface area contributed by atoms with Gasteiger partial charge in [0.1, 0.15) is 0 Å². The number of hydrogen-bond donors (Lipinski definition) is 1.